The van der Waals surface area contributed by atoms with Gasteiger partial charge in [-0.05, 0) is 61.7 Å². The van der Waals surface area contributed by atoms with Crippen LogP contribution in [-0.4, -0.2) is 36.7 Å². The molecule has 8 nitrogen and oxygen atoms in total. The summed E-state index contributed by atoms with van der Waals surface area (Å²) in [5.41, 5.74) is 2.54. The first kappa shape index (κ1) is 25.0. The first-order valence-corrected chi connectivity index (χ1v) is 11.9. The molecule has 12 heteroatoms. The molecule has 0 spiro atoms. The van der Waals surface area contributed by atoms with Crippen LogP contribution in [0.25, 0.3) is 16.9 Å². The number of carbonyl (C=O) groups is 1. The van der Waals surface area contributed by atoms with Gasteiger partial charge in [-0.1, -0.05) is 16.8 Å². The Labute approximate surface area is 215 Å². The summed E-state index contributed by atoms with van der Waals surface area (Å²) in [6.07, 6.45) is 0.824. The molecular weight excluding hydrogens is 507 g/mol. The van der Waals surface area contributed by atoms with Crippen molar-refractivity contribution in [2.24, 2.45) is 7.05 Å². The van der Waals surface area contributed by atoms with Crippen molar-refractivity contribution in [1.82, 2.24) is 30.1 Å². The summed E-state index contributed by atoms with van der Waals surface area (Å²) < 4.78 is 43.6. The fourth-order valence-electron chi connectivity index (χ4n) is 3.87. The number of alkyl halides is 3. The first-order chi connectivity index (χ1) is 17.6. The minimum absolute atomic E-state index is 0.0546. The van der Waals surface area contributed by atoms with Gasteiger partial charge in [-0.2, -0.15) is 18.3 Å². The molecule has 0 bridgehead atoms. The van der Waals surface area contributed by atoms with Gasteiger partial charge in [0, 0.05) is 42.1 Å². The van der Waals surface area contributed by atoms with Gasteiger partial charge in [-0.3, -0.25) is 9.48 Å². The number of rotatable bonds is 7. The Morgan fingerprint density at radius 2 is 1.97 bits per heavy atom. The van der Waals surface area contributed by atoms with E-state index in [9.17, 15) is 18.0 Å². The summed E-state index contributed by atoms with van der Waals surface area (Å²) >= 11 is 6.37. The van der Waals surface area contributed by atoms with Crippen LogP contribution in [0.4, 0.5) is 18.9 Å². The Bertz CT molecular complexity index is 1470. The van der Waals surface area contributed by atoms with Crippen LogP contribution in [0.3, 0.4) is 0 Å². The summed E-state index contributed by atoms with van der Waals surface area (Å²) in [6.45, 7) is 2.19. The van der Waals surface area contributed by atoms with E-state index in [2.05, 4.69) is 26.0 Å². The molecule has 2 heterocycles. The monoisotopic (exact) mass is 529 g/mol. The number of carbonyl (C=O) groups excluding carboxylic acids is 1. The Kier molecular flexibility index (Phi) is 6.50. The standard InChI is InChI=1S/C25H23ClF3N7O/c1-14-20(12-31-35(14)2)22-13-36(34-33-22)23-9-16(3-6-21(23)26)24(37)32-19-8-15(11-30-18-4-5-18)7-17(10-19)25(27,28)29/h3,6-10,12-13,18,30H,4-5,11H2,1-2H3,(H,32,37). The van der Waals surface area contributed by atoms with E-state index in [1.807, 2.05) is 14.0 Å². The number of nitrogens with one attached hydrogen (secondary N) is 2. The summed E-state index contributed by atoms with van der Waals surface area (Å²) in [5.74, 6) is -0.582. The zero-order valence-corrected chi connectivity index (χ0v) is 20.7. The lowest BCUT2D eigenvalue weighted by Crippen LogP contribution is -2.18. The van der Waals surface area contributed by atoms with Crippen LogP contribution in [0, 0.1) is 6.92 Å². The van der Waals surface area contributed by atoms with Gasteiger partial charge in [0.15, 0.2) is 0 Å². The Morgan fingerprint density at radius 1 is 1.19 bits per heavy atom. The highest BCUT2D eigenvalue weighted by Gasteiger charge is 2.31. The van der Waals surface area contributed by atoms with E-state index in [1.165, 1.54) is 22.9 Å². The molecule has 2 aromatic heterocycles. The average molecular weight is 530 g/mol. The normalized spacial score (nSPS) is 13.7. The minimum Gasteiger partial charge on any atom is -0.322 e. The molecule has 37 heavy (non-hydrogen) atoms. The SMILES string of the molecule is Cc1c(-c2cn(-c3cc(C(=O)Nc4cc(CNC5CC5)cc(C(F)(F)F)c4)ccc3Cl)nn2)cnn1C. The lowest BCUT2D eigenvalue weighted by molar-refractivity contribution is -0.137. The van der Waals surface area contributed by atoms with Crippen LogP contribution in [0.1, 0.15) is 40.0 Å². The zero-order valence-electron chi connectivity index (χ0n) is 20.0. The maximum atomic E-state index is 13.5. The average Bonchev–Trinajstić information content (AvgIpc) is 3.46. The Hall–Kier alpha value is -3.70. The molecule has 2 aromatic carbocycles. The second-order valence-corrected chi connectivity index (χ2v) is 9.41. The number of benzene rings is 2. The molecule has 5 rings (SSSR count). The molecule has 2 N–H and O–H groups in total. The molecule has 1 aliphatic rings. The molecule has 1 amide bonds. The lowest BCUT2D eigenvalue weighted by atomic mass is 10.1. The molecule has 0 aliphatic heterocycles. The van der Waals surface area contributed by atoms with Crippen molar-refractivity contribution < 1.29 is 18.0 Å². The van der Waals surface area contributed by atoms with Crippen LogP contribution in [0.5, 0.6) is 0 Å². The van der Waals surface area contributed by atoms with Crippen LogP contribution >= 0.6 is 11.6 Å². The molecule has 192 valence electrons. The molecule has 1 fully saturated rings. The lowest BCUT2D eigenvalue weighted by Gasteiger charge is -2.14. The van der Waals surface area contributed by atoms with Crippen LogP contribution in [0.2, 0.25) is 5.02 Å². The van der Waals surface area contributed by atoms with Crippen molar-refractivity contribution in [2.75, 3.05) is 5.32 Å². The van der Waals surface area contributed by atoms with Gasteiger partial charge in [0.1, 0.15) is 5.69 Å². The van der Waals surface area contributed by atoms with Crippen molar-refractivity contribution >= 4 is 23.2 Å². The maximum Gasteiger partial charge on any atom is 0.416 e. The molecule has 0 atom stereocenters. The van der Waals surface area contributed by atoms with Crippen molar-refractivity contribution in [2.45, 2.75) is 38.5 Å². The van der Waals surface area contributed by atoms with Crippen molar-refractivity contribution in [3.8, 4) is 16.9 Å². The number of anilines is 1. The van der Waals surface area contributed by atoms with Crippen LogP contribution in [-0.2, 0) is 19.8 Å². The summed E-state index contributed by atoms with van der Waals surface area (Å²) in [4.78, 5) is 13.0. The number of aryl methyl sites for hydroxylation is 1. The van der Waals surface area contributed by atoms with E-state index in [-0.39, 0.29) is 17.8 Å². The minimum atomic E-state index is -4.54. The molecule has 1 saturated carbocycles. The largest absolute Gasteiger partial charge is 0.416 e. The second-order valence-electron chi connectivity index (χ2n) is 9.01. The van der Waals surface area contributed by atoms with E-state index in [4.69, 9.17) is 11.6 Å². The van der Waals surface area contributed by atoms with Gasteiger partial charge in [-0.25, -0.2) is 4.68 Å². The number of hydrogen-bond acceptors (Lipinski definition) is 5. The van der Waals surface area contributed by atoms with E-state index >= 15 is 0 Å². The number of halogens is 4. The maximum absolute atomic E-state index is 13.5. The van der Waals surface area contributed by atoms with Gasteiger partial charge >= 0.3 is 6.18 Å². The van der Waals surface area contributed by atoms with Gasteiger partial charge in [0.25, 0.3) is 5.91 Å². The van der Waals surface area contributed by atoms with E-state index < -0.39 is 17.6 Å². The van der Waals surface area contributed by atoms with Gasteiger partial charge < -0.3 is 10.6 Å². The Balaban J connectivity index is 1.40. The summed E-state index contributed by atoms with van der Waals surface area (Å²) in [6, 6.07) is 8.42. The topological polar surface area (TPSA) is 89.7 Å². The number of amides is 1. The van der Waals surface area contributed by atoms with E-state index in [1.54, 1.807) is 23.1 Å². The highest BCUT2D eigenvalue weighted by Crippen LogP contribution is 2.33. The highest BCUT2D eigenvalue weighted by atomic mass is 35.5. The fraction of sp³-hybridized carbons (Fsp3) is 0.280. The number of aromatic nitrogens is 5. The van der Waals surface area contributed by atoms with E-state index in [0.29, 0.717) is 28.0 Å². The quantitative estimate of drug-likeness (QED) is 0.345. The molecule has 4 aromatic rings. The Morgan fingerprint density at radius 3 is 2.65 bits per heavy atom. The van der Waals surface area contributed by atoms with Gasteiger partial charge in [0.05, 0.1) is 28.7 Å². The molecule has 0 radical (unpaired) electrons. The van der Waals surface area contributed by atoms with Gasteiger partial charge in [0.2, 0.25) is 0 Å². The van der Waals surface area contributed by atoms with Gasteiger partial charge in [-0.15, -0.1) is 5.10 Å². The second kappa shape index (κ2) is 9.64. The molecule has 0 unspecified atom stereocenters. The van der Waals surface area contributed by atoms with E-state index in [0.717, 1.165) is 36.2 Å². The third-order valence-corrected chi connectivity index (χ3v) is 6.53. The van der Waals surface area contributed by atoms with Crippen LogP contribution < -0.4 is 10.6 Å². The molecule has 1 aliphatic carbocycles. The third-order valence-electron chi connectivity index (χ3n) is 6.21. The number of nitrogens with zero attached hydrogens (tertiary/aromatic N) is 5. The number of hydrogen-bond donors (Lipinski definition) is 2. The first-order valence-electron chi connectivity index (χ1n) is 11.6. The molecule has 0 saturated heterocycles. The van der Waals surface area contributed by atoms with Crippen LogP contribution in [0.15, 0.2) is 48.8 Å². The predicted octanol–water partition coefficient (Wildman–Crippen LogP) is 5.15. The van der Waals surface area contributed by atoms with Crippen molar-refractivity contribution in [3.63, 3.8) is 0 Å². The summed E-state index contributed by atoms with van der Waals surface area (Å²) in [7, 11) is 1.82. The predicted molar refractivity (Wildman–Crippen MR) is 133 cm³/mol. The summed E-state index contributed by atoms with van der Waals surface area (Å²) in [5, 5.41) is 18.6. The van der Waals surface area contributed by atoms with Crippen molar-refractivity contribution in [3.05, 3.63) is 76.2 Å². The third kappa shape index (κ3) is 5.52. The molecular formula is C25H23ClF3N7O. The fourth-order valence-corrected chi connectivity index (χ4v) is 4.07. The smallest absolute Gasteiger partial charge is 0.322 e. The highest BCUT2D eigenvalue weighted by molar-refractivity contribution is 6.32. The van der Waals surface area contributed by atoms with Crippen molar-refractivity contribution in [1.29, 1.82) is 0 Å². The zero-order chi connectivity index (χ0) is 26.3.